The molecule has 4 heteroatoms. The number of anilines is 1. The average molecular weight is 196 g/mol. The van der Waals surface area contributed by atoms with Gasteiger partial charge in [-0.05, 0) is 24.6 Å². The van der Waals surface area contributed by atoms with E-state index in [4.69, 9.17) is 15.2 Å². The van der Waals surface area contributed by atoms with Gasteiger partial charge in [0.1, 0.15) is 5.82 Å². The number of nitrogens with two attached hydrogens (primary N) is 1. The first-order valence-electron chi connectivity index (χ1n) is 4.52. The highest BCUT2D eigenvalue weighted by Gasteiger charge is 1.97. The van der Waals surface area contributed by atoms with E-state index >= 15 is 0 Å². The largest absolute Gasteiger partial charge is 0.384 e. The lowest BCUT2D eigenvalue weighted by atomic mass is 10.2. The van der Waals surface area contributed by atoms with Gasteiger partial charge in [-0.2, -0.15) is 0 Å². The van der Waals surface area contributed by atoms with E-state index in [0.717, 1.165) is 11.3 Å². The van der Waals surface area contributed by atoms with Crippen LogP contribution in [0.15, 0.2) is 12.1 Å². The standard InChI is InChI=1S/C10H16N2O2/c1-8-5-9(12-10(11)6-8)7-14-4-3-13-2/h5-6H,3-4,7H2,1-2H3,(H2,11,12). The van der Waals surface area contributed by atoms with Crippen molar-refractivity contribution in [2.24, 2.45) is 0 Å². The van der Waals surface area contributed by atoms with Crippen LogP contribution in [0.4, 0.5) is 5.82 Å². The van der Waals surface area contributed by atoms with Gasteiger partial charge in [0.05, 0.1) is 25.5 Å². The molecule has 0 saturated carbocycles. The molecule has 0 radical (unpaired) electrons. The molecule has 14 heavy (non-hydrogen) atoms. The van der Waals surface area contributed by atoms with Crippen molar-refractivity contribution in [2.45, 2.75) is 13.5 Å². The van der Waals surface area contributed by atoms with E-state index in [2.05, 4.69) is 4.98 Å². The molecule has 78 valence electrons. The molecule has 0 aliphatic rings. The third kappa shape index (κ3) is 3.72. The molecule has 0 aromatic carbocycles. The predicted octanol–water partition coefficient (Wildman–Crippen LogP) is 1.14. The van der Waals surface area contributed by atoms with Crippen LogP contribution in [0.25, 0.3) is 0 Å². The van der Waals surface area contributed by atoms with Crippen molar-refractivity contribution >= 4 is 5.82 Å². The first-order chi connectivity index (χ1) is 6.72. The molecule has 0 saturated heterocycles. The topological polar surface area (TPSA) is 57.4 Å². The van der Waals surface area contributed by atoms with Gasteiger partial charge in [-0.3, -0.25) is 0 Å². The first kappa shape index (κ1) is 10.9. The lowest BCUT2D eigenvalue weighted by Gasteiger charge is -2.04. The maximum Gasteiger partial charge on any atom is 0.123 e. The summed E-state index contributed by atoms with van der Waals surface area (Å²) in [6.07, 6.45) is 0. The molecule has 0 aliphatic carbocycles. The zero-order valence-corrected chi connectivity index (χ0v) is 8.62. The molecule has 0 aliphatic heterocycles. The summed E-state index contributed by atoms with van der Waals surface area (Å²) in [4.78, 5) is 4.14. The average Bonchev–Trinajstić information content (AvgIpc) is 2.11. The third-order valence-corrected chi connectivity index (χ3v) is 1.72. The number of pyridine rings is 1. The van der Waals surface area contributed by atoms with Gasteiger partial charge in [0, 0.05) is 7.11 Å². The van der Waals surface area contributed by atoms with Gasteiger partial charge in [0.25, 0.3) is 0 Å². The summed E-state index contributed by atoms with van der Waals surface area (Å²) in [5.74, 6) is 0.537. The second-order valence-corrected chi connectivity index (χ2v) is 3.11. The number of methoxy groups -OCH3 is 1. The van der Waals surface area contributed by atoms with Gasteiger partial charge in [-0.15, -0.1) is 0 Å². The Hall–Kier alpha value is -1.13. The fourth-order valence-corrected chi connectivity index (χ4v) is 1.16. The fraction of sp³-hybridized carbons (Fsp3) is 0.500. The van der Waals surface area contributed by atoms with E-state index in [1.54, 1.807) is 7.11 Å². The maximum atomic E-state index is 5.60. The molecule has 2 N–H and O–H groups in total. The summed E-state index contributed by atoms with van der Waals surface area (Å²) in [5.41, 5.74) is 7.56. The van der Waals surface area contributed by atoms with Gasteiger partial charge in [0.2, 0.25) is 0 Å². The number of aromatic nitrogens is 1. The Balaban J connectivity index is 2.42. The number of nitrogen functional groups attached to an aromatic ring is 1. The van der Waals surface area contributed by atoms with E-state index in [0.29, 0.717) is 25.6 Å². The number of hydrogen-bond donors (Lipinski definition) is 1. The fourth-order valence-electron chi connectivity index (χ4n) is 1.16. The monoisotopic (exact) mass is 196 g/mol. The Morgan fingerprint density at radius 2 is 2.14 bits per heavy atom. The van der Waals surface area contributed by atoms with Crippen molar-refractivity contribution in [3.05, 3.63) is 23.4 Å². The molecule has 0 amide bonds. The molecule has 0 spiro atoms. The number of hydrogen-bond acceptors (Lipinski definition) is 4. The summed E-state index contributed by atoms with van der Waals surface area (Å²) >= 11 is 0. The van der Waals surface area contributed by atoms with Gasteiger partial charge >= 0.3 is 0 Å². The van der Waals surface area contributed by atoms with Crippen LogP contribution in [0.1, 0.15) is 11.3 Å². The highest BCUT2D eigenvalue weighted by Crippen LogP contribution is 2.07. The molecule has 0 unspecified atom stereocenters. The minimum atomic E-state index is 0.481. The lowest BCUT2D eigenvalue weighted by Crippen LogP contribution is -2.04. The molecule has 1 rings (SSSR count). The molecule has 0 atom stereocenters. The molecule has 0 fully saturated rings. The Morgan fingerprint density at radius 3 is 2.79 bits per heavy atom. The Bertz CT molecular complexity index is 269. The van der Waals surface area contributed by atoms with Crippen LogP contribution >= 0.6 is 0 Å². The summed E-state index contributed by atoms with van der Waals surface area (Å²) in [6, 6.07) is 3.79. The van der Waals surface area contributed by atoms with Crippen LogP contribution in [0.3, 0.4) is 0 Å². The molecule has 4 nitrogen and oxygen atoms in total. The van der Waals surface area contributed by atoms with Gasteiger partial charge in [0.15, 0.2) is 0 Å². The van der Waals surface area contributed by atoms with Crippen LogP contribution in [0, 0.1) is 6.92 Å². The number of nitrogens with zero attached hydrogens (tertiary/aromatic N) is 1. The van der Waals surface area contributed by atoms with E-state index in [9.17, 15) is 0 Å². The molecule has 1 aromatic heterocycles. The molecule has 1 heterocycles. The van der Waals surface area contributed by atoms with Gasteiger partial charge < -0.3 is 15.2 Å². The summed E-state index contributed by atoms with van der Waals surface area (Å²) in [7, 11) is 1.65. The summed E-state index contributed by atoms with van der Waals surface area (Å²) < 4.78 is 10.2. The third-order valence-electron chi connectivity index (χ3n) is 1.72. The summed E-state index contributed by atoms with van der Waals surface area (Å²) in [5, 5.41) is 0. The number of aryl methyl sites for hydroxylation is 1. The van der Waals surface area contributed by atoms with Crippen LogP contribution in [-0.2, 0) is 16.1 Å². The normalized spacial score (nSPS) is 10.4. The van der Waals surface area contributed by atoms with Gasteiger partial charge in [-0.25, -0.2) is 4.98 Å². The van der Waals surface area contributed by atoms with Crippen LogP contribution in [-0.4, -0.2) is 25.3 Å². The van der Waals surface area contributed by atoms with Crippen molar-refractivity contribution in [3.63, 3.8) is 0 Å². The number of ether oxygens (including phenoxy) is 2. The minimum Gasteiger partial charge on any atom is -0.384 e. The number of rotatable bonds is 5. The van der Waals surface area contributed by atoms with E-state index < -0.39 is 0 Å². The Labute approximate surface area is 84.0 Å². The zero-order chi connectivity index (χ0) is 10.4. The van der Waals surface area contributed by atoms with Gasteiger partial charge in [-0.1, -0.05) is 0 Å². The van der Waals surface area contributed by atoms with E-state index in [1.165, 1.54) is 0 Å². The van der Waals surface area contributed by atoms with Crippen molar-refractivity contribution in [1.82, 2.24) is 4.98 Å². The Morgan fingerprint density at radius 1 is 1.36 bits per heavy atom. The summed E-state index contributed by atoms with van der Waals surface area (Å²) in [6.45, 7) is 3.64. The van der Waals surface area contributed by atoms with E-state index in [1.807, 2.05) is 19.1 Å². The van der Waals surface area contributed by atoms with Crippen LogP contribution in [0.2, 0.25) is 0 Å². The highest BCUT2D eigenvalue weighted by atomic mass is 16.5. The first-order valence-corrected chi connectivity index (χ1v) is 4.52. The van der Waals surface area contributed by atoms with Crippen molar-refractivity contribution in [3.8, 4) is 0 Å². The van der Waals surface area contributed by atoms with Crippen LogP contribution < -0.4 is 5.73 Å². The highest BCUT2D eigenvalue weighted by molar-refractivity contribution is 5.33. The van der Waals surface area contributed by atoms with Crippen molar-refractivity contribution < 1.29 is 9.47 Å². The second-order valence-electron chi connectivity index (χ2n) is 3.11. The van der Waals surface area contributed by atoms with Crippen molar-refractivity contribution in [1.29, 1.82) is 0 Å². The lowest BCUT2D eigenvalue weighted by molar-refractivity contribution is 0.0602. The molecular weight excluding hydrogens is 180 g/mol. The Kier molecular flexibility index (Phi) is 4.35. The molecular formula is C10H16N2O2. The smallest absolute Gasteiger partial charge is 0.123 e. The molecule has 1 aromatic rings. The van der Waals surface area contributed by atoms with E-state index in [-0.39, 0.29) is 0 Å². The van der Waals surface area contributed by atoms with Crippen molar-refractivity contribution in [2.75, 3.05) is 26.1 Å². The molecule has 0 bridgehead atoms. The predicted molar refractivity (Wildman–Crippen MR) is 54.9 cm³/mol. The quantitative estimate of drug-likeness (QED) is 0.717. The zero-order valence-electron chi connectivity index (χ0n) is 8.62. The second kappa shape index (κ2) is 5.57. The van der Waals surface area contributed by atoms with Crippen LogP contribution in [0.5, 0.6) is 0 Å². The SMILES string of the molecule is COCCOCc1cc(C)cc(N)n1. The maximum absolute atomic E-state index is 5.60. The minimum absolute atomic E-state index is 0.481.